The van der Waals surface area contributed by atoms with Gasteiger partial charge in [0.15, 0.2) is 0 Å². The van der Waals surface area contributed by atoms with E-state index in [0.29, 0.717) is 4.21 Å². The van der Waals surface area contributed by atoms with Gasteiger partial charge in [0.25, 0.3) is 10.0 Å². The summed E-state index contributed by atoms with van der Waals surface area (Å²) in [5.41, 5.74) is 0. The van der Waals surface area contributed by atoms with Crippen LogP contribution in [-0.2, 0) is 10.0 Å². The molecule has 0 unspecified atom stereocenters. The number of sulfonamides is 1. The summed E-state index contributed by atoms with van der Waals surface area (Å²) in [4.78, 5) is 0. The zero-order valence-corrected chi connectivity index (χ0v) is 11.0. The standard InChI is InChI=1S/C8H11Cl2NO2S2/c9-3-5-11(6-4-10)15(12,13)8-2-1-7-14-8/h1-2,7H,3-6H2. The average molecular weight is 288 g/mol. The summed E-state index contributed by atoms with van der Waals surface area (Å²) < 4.78 is 25.6. The molecular weight excluding hydrogens is 277 g/mol. The second-order valence-electron chi connectivity index (χ2n) is 2.71. The molecule has 0 aliphatic rings. The van der Waals surface area contributed by atoms with Crippen LogP contribution in [0.4, 0.5) is 0 Å². The summed E-state index contributed by atoms with van der Waals surface area (Å²) in [6, 6.07) is 3.28. The molecule has 0 amide bonds. The minimum atomic E-state index is -3.40. The molecule has 0 aliphatic carbocycles. The Bertz CT molecular complexity index is 371. The number of nitrogens with zero attached hydrogens (tertiary/aromatic N) is 1. The molecule has 0 aromatic carbocycles. The lowest BCUT2D eigenvalue weighted by atomic mass is 10.6. The maximum absolute atomic E-state index is 12.0. The molecule has 7 heteroatoms. The van der Waals surface area contributed by atoms with E-state index in [1.54, 1.807) is 17.5 Å². The van der Waals surface area contributed by atoms with Crippen LogP contribution in [0.1, 0.15) is 0 Å². The summed E-state index contributed by atoms with van der Waals surface area (Å²) >= 11 is 12.3. The summed E-state index contributed by atoms with van der Waals surface area (Å²) in [6.07, 6.45) is 0. The zero-order chi connectivity index (χ0) is 11.3. The molecule has 0 radical (unpaired) electrons. The van der Waals surface area contributed by atoms with Crippen molar-refractivity contribution >= 4 is 44.6 Å². The first-order chi connectivity index (χ1) is 7.12. The van der Waals surface area contributed by atoms with Crippen LogP contribution in [-0.4, -0.2) is 37.6 Å². The van der Waals surface area contributed by atoms with Gasteiger partial charge in [-0.1, -0.05) is 6.07 Å². The number of alkyl halides is 2. The van der Waals surface area contributed by atoms with Gasteiger partial charge in [-0.05, 0) is 11.4 Å². The van der Waals surface area contributed by atoms with E-state index in [-0.39, 0.29) is 24.8 Å². The third-order valence-corrected chi connectivity index (χ3v) is 5.37. The molecule has 1 heterocycles. The summed E-state index contributed by atoms with van der Waals surface area (Å²) in [6.45, 7) is 0.572. The number of rotatable bonds is 6. The van der Waals surface area contributed by atoms with E-state index >= 15 is 0 Å². The fourth-order valence-electron chi connectivity index (χ4n) is 1.08. The van der Waals surface area contributed by atoms with E-state index in [1.807, 2.05) is 0 Å². The van der Waals surface area contributed by atoms with E-state index in [2.05, 4.69) is 0 Å². The van der Waals surface area contributed by atoms with E-state index in [4.69, 9.17) is 23.2 Å². The van der Waals surface area contributed by atoms with Crippen LogP contribution in [0, 0.1) is 0 Å². The lowest BCUT2D eigenvalue weighted by Crippen LogP contribution is -2.34. The molecule has 0 N–H and O–H groups in total. The molecule has 86 valence electrons. The van der Waals surface area contributed by atoms with Crippen molar-refractivity contribution < 1.29 is 8.42 Å². The fourth-order valence-corrected chi connectivity index (χ4v) is 4.27. The molecule has 3 nitrogen and oxygen atoms in total. The van der Waals surface area contributed by atoms with Crippen molar-refractivity contribution in [2.24, 2.45) is 0 Å². The van der Waals surface area contributed by atoms with Crippen molar-refractivity contribution in [1.29, 1.82) is 0 Å². The van der Waals surface area contributed by atoms with Gasteiger partial charge in [0.05, 0.1) is 0 Å². The highest BCUT2D eigenvalue weighted by molar-refractivity contribution is 7.91. The Morgan fingerprint density at radius 2 is 1.87 bits per heavy atom. The Morgan fingerprint density at radius 3 is 2.27 bits per heavy atom. The second kappa shape index (κ2) is 6.06. The Morgan fingerprint density at radius 1 is 1.27 bits per heavy atom. The number of halogens is 2. The van der Waals surface area contributed by atoms with Crippen molar-refractivity contribution in [3.05, 3.63) is 17.5 Å². The molecule has 0 atom stereocenters. The highest BCUT2D eigenvalue weighted by atomic mass is 35.5. The molecular formula is C8H11Cl2NO2S2. The van der Waals surface area contributed by atoms with Crippen LogP contribution in [0.3, 0.4) is 0 Å². The smallest absolute Gasteiger partial charge is 0.206 e. The monoisotopic (exact) mass is 287 g/mol. The first-order valence-corrected chi connectivity index (χ1v) is 7.67. The van der Waals surface area contributed by atoms with E-state index in [9.17, 15) is 8.42 Å². The molecule has 1 rings (SSSR count). The van der Waals surface area contributed by atoms with Gasteiger partial charge in [0.2, 0.25) is 0 Å². The first kappa shape index (κ1) is 13.3. The molecule has 0 spiro atoms. The number of thiophene rings is 1. The van der Waals surface area contributed by atoms with Gasteiger partial charge in [0.1, 0.15) is 4.21 Å². The van der Waals surface area contributed by atoms with Gasteiger partial charge in [-0.25, -0.2) is 8.42 Å². The van der Waals surface area contributed by atoms with E-state index < -0.39 is 10.0 Å². The highest BCUT2D eigenvalue weighted by Gasteiger charge is 2.23. The van der Waals surface area contributed by atoms with Crippen molar-refractivity contribution in [3.63, 3.8) is 0 Å². The predicted octanol–water partition coefficient (Wildman–Crippen LogP) is 2.22. The molecule has 0 bridgehead atoms. The van der Waals surface area contributed by atoms with Crippen molar-refractivity contribution in [1.82, 2.24) is 4.31 Å². The Hall–Kier alpha value is 0.190. The maximum Gasteiger partial charge on any atom is 0.252 e. The van der Waals surface area contributed by atoms with Gasteiger partial charge in [0, 0.05) is 24.8 Å². The van der Waals surface area contributed by atoms with Gasteiger partial charge in [-0.2, -0.15) is 4.31 Å². The van der Waals surface area contributed by atoms with Crippen LogP contribution < -0.4 is 0 Å². The number of hydrogen-bond acceptors (Lipinski definition) is 3. The Labute approximate surface area is 104 Å². The van der Waals surface area contributed by atoms with E-state index in [0.717, 1.165) is 0 Å². The Balaban J connectivity index is 2.91. The lowest BCUT2D eigenvalue weighted by Gasteiger charge is -2.18. The summed E-state index contributed by atoms with van der Waals surface area (Å²) in [5, 5.41) is 1.73. The van der Waals surface area contributed by atoms with Crippen LogP contribution in [0.2, 0.25) is 0 Å². The lowest BCUT2D eigenvalue weighted by molar-refractivity contribution is 0.450. The van der Waals surface area contributed by atoms with Crippen LogP contribution in [0.15, 0.2) is 21.7 Å². The van der Waals surface area contributed by atoms with Crippen LogP contribution >= 0.6 is 34.5 Å². The quantitative estimate of drug-likeness (QED) is 0.753. The molecule has 15 heavy (non-hydrogen) atoms. The van der Waals surface area contributed by atoms with Gasteiger partial charge >= 0.3 is 0 Å². The van der Waals surface area contributed by atoms with Crippen LogP contribution in [0.25, 0.3) is 0 Å². The van der Waals surface area contributed by atoms with Gasteiger partial charge in [-0.3, -0.25) is 0 Å². The van der Waals surface area contributed by atoms with Crippen LogP contribution in [0.5, 0.6) is 0 Å². The van der Waals surface area contributed by atoms with Crippen molar-refractivity contribution in [3.8, 4) is 0 Å². The van der Waals surface area contributed by atoms with Crippen molar-refractivity contribution in [2.75, 3.05) is 24.8 Å². The molecule has 0 fully saturated rings. The fraction of sp³-hybridized carbons (Fsp3) is 0.500. The minimum absolute atomic E-state index is 0.265. The Kier molecular flexibility index (Phi) is 5.35. The zero-order valence-electron chi connectivity index (χ0n) is 7.90. The minimum Gasteiger partial charge on any atom is -0.206 e. The van der Waals surface area contributed by atoms with Crippen molar-refractivity contribution in [2.45, 2.75) is 4.21 Å². The third kappa shape index (κ3) is 3.32. The topological polar surface area (TPSA) is 37.4 Å². The SMILES string of the molecule is O=S(=O)(c1cccs1)N(CCCl)CCCl. The van der Waals surface area contributed by atoms with Gasteiger partial charge in [-0.15, -0.1) is 34.5 Å². The average Bonchev–Trinajstić information content (AvgIpc) is 2.70. The summed E-state index contributed by atoms with van der Waals surface area (Å²) in [7, 11) is -3.40. The van der Waals surface area contributed by atoms with Gasteiger partial charge < -0.3 is 0 Å². The largest absolute Gasteiger partial charge is 0.252 e. The number of hydrogen-bond donors (Lipinski definition) is 0. The predicted molar refractivity (Wildman–Crippen MR) is 64.5 cm³/mol. The molecule has 1 aromatic heterocycles. The highest BCUT2D eigenvalue weighted by Crippen LogP contribution is 2.20. The molecule has 1 aromatic rings. The first-order valence-electron chi connectivity index (χ1n) is 4.28. The normalized spacial score (nSPS) is 12.2. The van der Waals surface area contributed by atoms with E-state index in [1.165, 1.54) is 15.6 Å². The molecule has 0 aliphatic heterocycles. The second-order valence-corrected chi connectivity index (χ2v) is 6.58. The molecule has 0 saturated carbocycles. The third-order valence-electron chi connectivity index (χ3n) is 1.76. The maximum atomic E-state index is 12.0. The summed E-state index contributed by atoms with van der Waals surface area (Å²) in [5.74, 6) is 0.531. The molecule has 0 saturated heterocycles.